The number of benzene rings is 2. The molecule has 1 atom stereocenters. The monoisotopic (exact) mass is 299 g/mol. The molecule has 0 aliphatic heterocycles. The molecule has 1 unspecified atom stereocenters. The number of hydrogen-bond acceptors (Lipinski definition) is 3. The first-order valence-electron chi connectivity index (χ1n) is 7.18. The van der Waals surface area contributed by atoms with E-state index in [-0.39, 0.29) is 6.54 Å². The lowest BCUT2D eigenvalue weighted by Crippen LogP contribution is -2.45. The van der Waals surface area contributed by atoms with Crippen LogP contribution >= 0.6 is 0 Å². The molecule has 0 saturated heterocycles. The fourth-order valence-electron chi connectivity index (χ4n) is 2.50. The Hall–Kier alpha value is -2.17. The minimum Gasteiger partial charge on any atom is -0.479 e. The van der Waals surface area contributed by atoms with Crippen LogP contribution in [0.25, 0.3) is 11.1 Å². The lowest BCUT2D eigenvalue weighted by atomic mass is 9.99. The molecule has 0 saturated carbocycles. The third-order valence-corrected chi connectivity index (χ3v) is 3.58. The van der Waals surface area contributed by atoms with Gasteiger partial charge in [-0.05, 0) is 30.7 Å². The number of hydrogen-bond donors (Lipinski definition) is 2. The molecule has 0 aliphatic rings. The minimum absolute atomic E-state index is 0.0610. The first-order chi connectivity index (χ1) is 10.4. The molecule has 0 bridgehead atoms. The standard InChI is InChI=1S/C18H21NO3/c1-18(22,17(20)21)13-19(2)12-15-10-6-7-11-16(15)14-8-4-3-5-9-14/h3-11,22H,12-13H2,1-2H3,(H,20,21). The summed E-state index contributed by atoms with van der Waals surface area (Å²) in [5.41, 5.74) is 1.58. The number of carboxylic acids is 1. The van der Waals surface area contributed by atoms with E-state index in [1.165, 1.54) is 6.92 Å². The van der Waals surface area contributed by atoms with E-state index in [1.54, 1.807) is 7.05 Å². The minimum atomic E-state index is -1.75. The average molecular weight is 299 g/mol. The Morgan fingerprint density at radius 1 is 1.09 bits per heavy atom. The third kappa shape index (κ3) is 3.93. The fraction of sp³-hybridized carbons (Fsp3) is 0.278. The van der Waals surface area contributed by atoms with Crippen molar-refractivity contribution in [2.24, 2.45) is 0 Å². The molecular formula is C18H21NO3. The molecule has 0 aliphatic carbocycles. The van der Waals surface area contributed by atoms with Gasteiger partial charge in [-0.1, -0.05) is 54.6 Å². The second-order valence-corrected chi connectivity index (χ2v) is 5.77. The first kappa shape index (κ1) is 16.2. The molecule has 4 nitrogen and oxygen atoms in total. The summed E-state index contributed by atoms with van der Waals surface area (Å²) in [6.45, 7) is 1.94. The van der Waals surface area contributed by atoms with Crippen molar-refractivity contribution in [1.29, 1.82) is 0 Å². The van der Waals surface area contributed by atoms with E-state index >= 15 is 0 Å². The van der Waals surface area contributed by atoms with Crippen LogP contribution in [0, 0.1) is 0 Å². The number of carboxylic acid groups (broad SMARTS) is 1. The molecule has 116 valence electrons. The fourth-order valence-corrected chi connectivity index (χ4v) is 2.50. The highest BCUT2D eigenvalue weighted by molar-refractivity contribution is 5.76. The van der Waals surface area contributed by atoms with Crippen LogP contribution in [-0.4, -0.2) is 40.3 Å². The van der Waals surface area contributed by atoms with Crippen LogP contribution in [0.15, 0.2) is 54.6 Å². The second-order valence-electron chi connectivity index (χ2n) is 5.77. The van der Waals surface area contributed by atoms with E-state index in [2.05, 4.69) is 0 Å². The van der Waals surface area contributed by atoms with Crippen LogP contribution in [-0.2, 0) is 11.3 Å². The smallest absolute Gasteiger partial charge is 0.336 e. The number of carbonyl (C=O) groups is 1. The average Bonchev–Trinajstić information content (AvgIpc) is 2.48. The molecule has 0 heterocycles. The third-order valence-electron chi connectivity index (χ3n) is 3.58. The summed E-state index contributed by atoms with van der Waals surface area (Å²) < 4.78 is 0. The Bertz CT molecular complexity index is 638. The summed E-state index contributed by atoms with van der Waals surface area (Å²) in [6.07, 6.45) is 0. The number of aliphatic carboxylic acids is 1. The molecule has 0 radical (unpaired) electrons. The predicted octanol–water partition coefficient (Wildman–Crippen LogP) is 2.62. The summed E-state index contributed by atoms with van der Waals surface area (Å²) in [4.78, 5) is 12.8. The predicted molar refractivity (Wildman–Crippen MR) is 86.5 cm³/mol. The van der Waals surface area contributed by atoms with Gasteiger partial charge in [-0.2, -0.15) is 0 Å². The van der Waals surface area contributed by atoms with Gasteiger partial charge < -0.3 is 10.2 Å². The molecule has 2 N–H and O–H groups in total. The van der Waals surface area contributed by atoms with Crippen molar-refractivity contribution in [3.8, 4) is 11.1 Å². The van der Waals surface area contributed by atoms with E-state index in [9.17, 15) is 9.90 Å². The van der Waals surface area contributed by atoms with Crippen LogP contribution in [0.2, 0.25) is 0 Å². The zero-order valence-corrected chi connectivity index (χ0v) is 12.9. The molecule has 0 fully saturated rings. The molecule has 0 aromatic heterocycles. The summed E-state index contributed by atoms with van der Waals surface area (Å²) >= 11 is 0. The lowest BCUT2D eigenvalue weighted by molar-refractivity contribution is -0.158. The molecule has 0 amide bonds. The quantitative estimate of drug-likeness (QED) is 0.861. The number of nitrogens with zero attached hydrogens (tertiary/aromatic N) is 1. The van der Waals surface area contributed by atoms with E-state index in [0.29, 0.717) is 6.54 Å². The molecule has 2 aromatic carbocycles. The largest absolute Gasteiger partial charge is 0.479 e. The van der Waals surface area contributed by atoms with Crippen LogP contribution in [0.4, 0.5) is 0 Å². The number of rotatable bonds is 6. The number of aliphatic hydroxyl groups is 1. The Morgan fingerprint density at radius 3 is 2.32 bits per heavy atom. The maximum atomic E-state index is 11.0. The van der Waals surface area contributed by atoms with Gasteiger partial charge in [0.25, 0.3) is 0 Å². The molecule has 2 rings (SSSR count). The molecule has 4 heteroatoms. The highest BCUT2D eigenvalue weighted by Crippen LogP contribution is 2.24. The summed E-state index contributed by atoms with van der Waals surface area (Å²) in [5, 5.41) is 18.9. The Balaban J connectivity index is 2.19. The highest BCUT2D eigenvalue weighted by Gasteiger charge is 2.31. The molecule has 2 aromatic rings. The maximum Gasteiger partial charge on any atom is 0.336 e. The van der Waals surface area contributed by atoms with E-state index < -0.39 is 11.6 Å². The SMILES string of the molecule is CN(Cc1ccccc1-c1ccccc1)CC(C)(O)C(=O)O. The van der Waals surface area contributed by atoms with E-state index in [1.807, 2.05) is 59.5 Å². The van der Waals surface area contributed by atoms with Gasteiger partial charge in [0, 0.05) is 13.1 Å². The van der Waals surface area contributed by atoms with Crippen molar-refractivity contribution in [3.63, 3.8) is 0 Å². The normalized spacial score (nSPS) is 13.8. The van der Waals surface area contributed by atoms with E-state index in [0.717, 1.165) is 16.7 Å². The van der Waals surface area contributed by atoms with Crippen LogP contribution in [0.3, 0.4) is 0 Å². The zero-order valence-electron chi connectivity index (χ0n) is 12.9. The van der Waals surface area contributed by atoms with Gasteiger partial charge >= 0.3 is 5.97 Å². The molecule has 22 heavy (non-hydrogen) atoms. The second kappa shape index (κ2) is 6.73. The van der Waals surface area contributed by atoms with Gasteiger partial charge in [0.05, 0.1) is 0 Å². The van der Waals surface area contributed by atoms with Crippen molar-refractivity contribution in [3.05, 3.63) is 60.2 Å². The summed E-state index contributed by atoms with van der Waals surface area (Å²) in [7, 11) is 1.80. The van der Waals surface area contributed by atoms with Crippen LogP contribution in [0.5, 0.6) is 0 Å². The van der Waals surface area contributed by atoms with Crippen molar-refractivity contribution in [2.45, 2.75) is 19.1 Å². The summed E-state index contributed by atoms with van der Waals surface area (Å²) in [6, 6.07) is 18.1. The lowest BCUT2D eigenvalue weighted by Gasteiger charge is -2.26. The van der Waals surface area contributed by atoms with Gasteiger partial charge in [0.15, 0.2) is 5.60 Å². The van der Waals surface area contributed by atoms with Gasteiger partial charge in [0.2, 0.25) is 0 Å². The van der Waals surface area contributed by atoms with Crippen molar-refractivity contribution in [2.75, 3.05) is 13.6 Å². The topological polar surface area (TPSA) is 60.8 Å². The van der Waals surface area contributed by atoms with E-state index in [4.69, 9.17) is 5.11 Å². The van der Waals surface area contributed by atoms with Gasteiger partial charge in [0.1, 0.15) is 0 Å². The highest BCUT2D eigenvalue weighted by atomic mass is 16.4. The Morgan fingerprint density at radius 2 is 1.68 bits per heavy atom. The molecular weight excluding hydrogens is 278 g/mol. The molecule has 0 spiro atoms. The zero-order chi connectivity index (χ0) is 16.2. The van der Waals surface area contributed by atoms with Crippen molar-refractivity contribution >= 4 is 5.97 Å². The van der Waals surface area contributed by atoms with Gasteiger partial charge in [-0.25, -0.2) is 4.79 Å². The Kier molecular flexibility index (Phi) is 4.96. The first-order valence-corrected chi connectivity index (χ1v) is 7.18. The van der Waals surface area contributed by atoms with Crippen molar-refractivity contribution < 1.29 is 15.0 Å². The maximum absolute atomic E-state index is 11.0. The van der Waals surface area contributed by atoms with Crippen molar-refractivity contribution in [1.82, 2.24) is 4.90 Å². The summed E-state index contributed by atoms with van der Waals surface area (Å²) in [5.74, 6) is -1.21. The van der Waals surface area contributed by atoms with Gasteiger partial charge in [-0.3, -0.25) is 4.90 Å². The van der Waals surface area contributed by atoms with Crippen LogP contribution < -0.4 is 0 Å². The number of likely N-dealkylation sites (N-methyl/N-ethyl adjacent to an activating group) is 1. The Labute approximate surface area is 130 Å². The van der Waals surface area contributed by atoms with Crippen LogP contribution in [0.1, 0.15) is 12.5 Å². The van der Waals surface area contributed by atoms with Gasteiger partial charge in [-0.15, -0.1) is 0 Å².